The van der Waals surface area contributed by atoms with E-state index in [9.17, 15) is 22.9 Å². The maximum atomic E-state index is 14.1. The summed E-state index contributed by atoms with van der Waals surface area (Å²) >= 11 is 1.43. The summed E-state index contributed by atoms with van der Waals surface area (Å²) in [6.07, 6.45) is 3.23. The summed E-state index contributed by atoms with van der Waals surface area (Å²) in [7, 11) is -3.77. The van der Waals surface area contributed by atoms with E-state index in [1.807, 2.05) is 6.07 Å². The van der Waals surface area contributed by atoms with Gasteiger partial charge < -0.3 is 5.32 Å². The Kier molecular flexibility index (Phi) is 5.99. The number of anilines is 1. The standard InChI is InChI=1S/C20H22FN3O4S2/c21-16-6-4-5-15-17(9-12-29-20(15)16)22-18-8-7-14(13-19(18)24(25)26)30(27,28)23-10-2-1-3-11-23/h4-8,13,17,22H,1-3,9-12H2. The molecule has 1 saturated heterocycles. The van der Waals surface area contributed by atoms with Crippen LogP contribution in [0.25, 0.3) is 0 Å². The Morgan fingerprint density at radius 2 is 1.93 bits per heavy atom. The molecule has 0 aliphatic carbocycles. The van der Waals surface area contributed by atoms with Crippen molar-refractivity contribution in [2.75, 3.05) is 24.2 Å². The second-order valence-corrected chi connectivity index (χ2v) is 10.4. The molecule has 0 spiro atoms. The molecule has 2 aliphatic rings. The molecule has 2 aromatic carbocycles. The van der Waals surface area contributed by atoms with Crippen LogP contribution in [0.4, 0.5) is 15.8 Å². The lowest BCUT2D eigenvalue weighted by Crippen LogP contribution is -2.35. The third-order valence-electron chi connectivity index (χ3n) is 5.47. The van der Waals surface area contributed by atoms with E-state index in [0.717, 1.165) is 30.9 Å². The summed E-state index contributed by atoms with van der Waals surface area (Å²) in [6.45, 7) is 0.858. The van der Waals surface area contributed by atoms with Gasteiger partial charge in [0.15, 0.2) is 0 Å². The molecule has 2 aromatic rings. The van der Waals surface area contributed by atoms with Gasteiger partial charge in [0.25, 0.3) is 5.69 Å². The van der Waals surface area contributed by atoms with Crippen LogP contribution >= 0.6 is 11.8 Å². The van der Waals surface area contributed by atoms with Crippen LogP contribution < -0.4 is 5.32 Å². The zero-order valence-electron chi connectivity index (χ0n) is 16.2. The summed E-state index contributed by atoms with van der Waals surface area (Å²) in [6, 6.07) is 8.51. The monoisotopic (exact) mass is 451 g/mol. The van der Waals surface area contributed by atoms with Crippen molar-refractivity contribution in [1.82, 2.24) is 4.31 Å². The van der Waals surface area contributed by atoms with Gasteiger partial charge in [-0.3, -0.25) is 10.1 Å². The molecule has 1 N–H and O–H groups in total. The van der Waals surface area contributed by atoms with E-state index in [1.165, 1.54) is 34.3 Å². The molecule has 0 aromatic heterocycles. The number of fused-ring (bicyclic) bond motifs is 1. The number of sulfonamides is 1. The second kappa shape index (κ2) is 8.52. The fourth-order valence-corrected chi connectivity index (χ4v) is 6.60. The van der Waals surface area contributed by atoms with Crippen LogP contribution in [0.5, 0.6) is 0 Å². The Balaban J connectivity index is 1.66. The molecule has 30 heavy (non-hydrogen) atoms. The van der Waals surface area contributed by atoms with E-state index < -0.39 is 14.9 Å². The zero-order valence-corrected chi connectivity index (χ0v) is 17.8. The normalized spacial score (nSPS) is 19.8. The predicted octanol–water partition coefficient (Wildman–Crippen LogP) is 4.56. The van der Waals surface area contributed by atoms with Crippen LogP contribution in [0.1, 0.15) is 37.3 Å². The third kappa shape index (κ3) is 4.03. The van der Waals surface area contributed by atoms with Gasteiger partial charge in [-0.2, -0.15) is 4.31 Å². The van der Waals surface area contributed by atoms with Crippen LogP contribution in [-0.4, -0.2) is 36.5 Å². The van der Waals surface area contributed by atoms with Crippen molar-refractivity contribution in [1.29, 1.82) is 0 Å². The number of nitro groups is 1. The summed E-state index contributed by atoms with van der Waals surface area (Å²) in [5.74, 6) is 0.377. The van der Waals surface area contributed by atoms with E-state index in [2.05, 4.69) is 5.32 Å². The zero-order chi connectivity index (χ0) is 21.3. The van der Waals surface area contributed by atoms with Gasteiger partial charge in [-0.15, -0.1) is 11.8 Å². The number of hydrogen-bond donors (Lipinski definition) is 1. The quantitative estimate of drug-likeness (QED) is 0.529. The molecule has 7 nitrogen and oxygen atoms in total. The summed E-state index contributed by atoms with van der Waals surface area (Å²) in [5, 5.41) is 14.9. The number of piperidine rings is 1. The van der Waals surface area contributed by atoms with Crippen molar-refractivity contribution in [3.63, 3.8) is 0 Å². The highest BCUT2D eigenvalue weighted by molar-refractivity contribution is 7.99. The maximum Gasteiger partial charge on any atom is 0.293 e. The van der Waals surface area contributed by atoms with Crippen molar-refractivity contribution in [2.45, 2.75) is 41.5 Å². The average Bonchev–Trinajstić information content (AvgIpc) is 2.75. The lowest BCUT2D eigenvalue weighted by molar-refractivity contribution is -0.384. The molecule has 160 valence electrons. The van der Waals surface area contributed by atoms with E-state index in [0.29, 0.717) is 30.2 Å². The second-order valence-electron chi connectivity index (χ2n) is 7.39. The third-order valence-corrected chi connectivity index (χ3v) is 8.53. The molecule has 2 heterocycles. The smallest absolute Gasteiger partial charge is 0.293 e. The van der Waals surface area contributed by atoms with Gasteiger partial charge >= 0.3 is 0 Å². The number of benzene rings is 2. The maximum absolute atomic E-state index is 14.1. The minimum Gasteiger partial charge on any atom is -0.373 e. The molecular formula is C20H22FN3O4S2. The Labute approximate surface area is 178 Å². The van der Waals surface area contributed by atoms with E-state index in [4.69, 9.17) is 0 Å². The predicted molar refractivity (Wildman–Crippen MR) is 114 cm³/mol. The fraction of sp³-hybridized carbons (Fsp3) is 0.400. The van der Waals surface area contributed by atoms with Crippen molar-refractivity contribution in [3.05, 3.63) is 57.9 Å². The Hall–Kier alpha value is -2.17. The largest absolute Gasteiger partial charge is 0.373 e. The molecule has 1 fully saturated rings. The van der Waals surface area contributed by atoms with Gasteiger partial charge in [-0.25, -0.2) is 12.8 Å². The first-order valence-electron chi connectivity index (χ1n) is 9.84. The Bertz CT molecular complexity index is 1070. The molecule has 1 atom stereocenters. The Morgan fingerprint density at radius 3 is 2.67 bits per heavy atom. The number of nitrogens with zero attached hydrogens (tertiary/aromatic N) is 2. The van der Waals surface area contributed by atoms with E-state index in [-0.39, 0.29) is 28.1 Å². The molecule has 0 bridgehead atoms. The van der Waals surface area contributed by atoms with Crippen molar-refractivity contribution >= 4 is 33.2 Å². The molecule has 1 unspecified atom stereocenters. The van der Waals surface area contributed by atoms with Gasteiger partial charge in [-0.1, -0.05) is 18.6 Å². The van der Waals surface area contributed by atoms with Crippen LogP contribution in [-0.2, 0) is 10.0 Å². The van der Waals surface area contributed by atoms with Crippen molar-refractivity contribution in [3.8, 4) is 0 Å². The van der Waals surface area contributed by atoms with E-state index >= 15 is 0 Å². The highest BCUT2D eigenvalue weighted by atomic mass is 32.2. The fourth-order valence-electron chi connectivity index (χ4n) is 3.92. The molecule has 0 amide bonds. The van der Waals surface area contributed by atoms with Crippen LogP contribution in [0.15, 0.2) is 46.2 Å². The minimum atomic E-state index is -3.77. The summed E-state index contributed by atoms with van der Waals surface area (Å²) in [4.78, 5) is 11.6. The summed E-state index contributed by atoms with van der Waals surface area (Å²) in [5.41, 5.74) is 0.680. The minimum absolute atomic E-state index is 0.0766. The number of rotatable bonds is 5. The van der Waals surface area contributed by atoms with Crippen molar-refractivity contribution in [2.24, 2.45) is 0 Å². The number of nitrogens with one attached hydrogen (secondary N) is 1. The number of halogens is 1. The lowest BCUT2D eigenvalue weighted by atomic mass is 10.0. The van der Waals surface area contributed by atoms with Crippen molar-refractivity contribution < 1.29 is 17.7 Å². The van der Waals surface area contributed by atoms with Crippen LogP contribution in [0.2, 0.25) is 0 Å². The first-order chi connectivity index (χ1) is 14.4. The van der Waals surface area contributed by atoms with Crippen LogP contribution in [0.3, 0.4) is 0 Å². The lowest BCUT2D eigenvalue weighted by Gasteiger charge is -2.27. The molecular weight excluding hydrogens is 429 g/mol. The van der Waals surface area contributed by atoms with Gasteiger partial charge in [0.2, 0.25) is 10.0 Å². The first-order valence-corrected chi connectivity index (χ1v) is 12.3. The first kappa shape index (κ1) is 21.1. The average molecular weight is 452 g/mol. The number of nitro benzene ring substituents is 1. The molecule has 0 saturated carbocycles. The summed E-state index contributed by atoms with van der Waals surface area (Å²) < 4.78 is 41.3. The molecule has 4 rings (SSSR count). The van der Waals surface area contributed by atoms with Gasteiger partial charge in [0.05, 0.1) is 15.9 Å². The topological polar surface area (TPSA) is 92.5 Å². The molecule has 10 heteroatoms. The van der Waals surface area contributed by atoms with Gasteiger partial charge in [-0.05, 0) is 43.0 Å². The number of thioether (sulfide) groups is 1. The highest BCUT2D eigenvalue weighted by Crippen LogP contribution is 2.41. The molecule has 2 aliphatic heterocycles. The number of hydrogen-bond acceptors (Lipinski definition) is 6. The van der Waals surface area contributed by atoms with E-state index in [1.54, 1.807) is 6.07 Å². The van der Waals surface area contributed by atoms with Crippen LogP contribution in [0, 0.1) is 15.9 Å². The Morgan fingerprint density at radius 1 is 1.17 bits per heavy atom. The molecule has 0 radical (unpaired) electrons. The highest BCUT2D eigenvalue weighted by Gasteiger charge is 2.30. The van der Waals surface area contributed by atoms with Gasteiger partial charge in [0, 0.05) is 29.8 Å². The SMILES string of the molecule is O=[N+]([O-])c1cc(S(=O)(=O)N2CCCCC2)ccc1NC1CCSc2c(F)cccc21. The van der Waals surface area contributed by atoms with Gasteiger partial charge in [0.1, 0.15) is 11.5 Å².